The van der Waals surface area contributed by atoms with Crippen molar-refractivity contribution >= 4 is 11.9 Å². The summed E-state index contributed by atoms with van der Waals surface area (Å²) < 4.78 is 5.25. The van der Waals surface area contributed by atoms with E-state index in [0.29, 0.717) is 18.7 Å². The van der Waals surface area contributed by atoms with Gasteiger partial charge in [0.2, 0.25) is 0 Å². The fraction of sp³-hybridized carbons (Fsp3) is 0.680. The van der Waals surface area contributed by atoms with E-state index in [9.17, 15) is 9.59 Å². The first-order valence-electron chi connectivity index (χ1n) is 11.6. The third-order valence-electron chi connectivity index (χ3n) is 5.16. The minimum Gasteiger partial charge on any atom is -0.466 e. The SMILES string of the molecule is CCCCCCCCCCCCCCOC(=O)CCNC(=O)c1cccc(C)c1. The number of ether oxygens (including phenoxy) is 1. The van der Waals surface area contributed by atoms with Crippen LogP contribution in [0.2, 0.25) is 0 Å². The molecule has 164 valence electrons. The van der Waals surface area contributed by atoms with Gasteiger partial charge in [-0.2, -0.15) is 0 Å². The number of hydrogen-bond donors (Lipinski definition) is 1. The molecule has 1 rings (SSSR count). The van der Waals surface area contributed by atoms with Crippen LogP contribution < -0.4 is 5.32 Å². The molecule has 0 radical (unpaired) electrons. The highest BCUT2D eigenvalue weighted by molar-refractivity contribution is 5.94. The molecule has 1 aromatic rings. The van der Waals surface area contributed by atoms with E-state index in [4.69, 9.17) is 4.74 Å². The lowest BCUT2D eigenvalue weighted by Gasteiger charge is -2.07. The summed E-state index contributed by atoms with van der Waals surface area (Å²) in [6, 6.07) is 7.41. The number of rotatable bonds is 17. The van der Waals surface area contributed by atoms with Crippen LogP contribution >= 0.6 is 0 Å². The Kier molecular flexibility index (Phi) is 14.8. The molecular weight excluding hydrogens is 362 g/mol. The summed E-state index contributed by atoms with van der Waals surface area (Å²) in [5, 5.41) is 2.77. The van der Waals surface area contributed by atoms with E-state index in [0.717, 1.165) is 18.4 Å². The molecule has 0 saturated carbocycles. The van der Waals surface area contributed by atoms with E-state index in [1.54, 1.807) is 6.07 Å². The molecule has 29 heavy (non-hydrogen) atoms. The van der Waals surface area contributed by atoms with Gasteiger partial charge in [-0.3, -0.25) is 9.59 Å². The van der Waals surface area contributed by atoms with E-state index in [1.807, 2.05) is 25.1 Å². The Hall–Kier alpha value is -1.84. The topological polar surface area (TPSA) is 55.4 Å². The van der Waals surface area contributed by atoms with Crippen molar-refractivity contribution in [2.24, 2.45) is 0 Å². The van der Waals surface area contributed by atoms with Gasteiger partial charge in [0.25, 0.3) is 5.91 Å². The first-order valence-corrected chi connectivity index (χ1v) is 11.6. The average molecular weight is 404 g/mol. The summed E-state index contributed by atoms with van der Waals surface area (Å²) in [6.07, 6.45) is 15.7. The molecule has 0 saturated heterocycles. The summed E-state index contributed by atoms with van der Waals surface area (Å²) >= 11 is 0. The lowest BCUT2D eigenvalue weighted by molar-refractivity contribution is -0.143. The zero-order valence-corrected chi connectivity index (χ0v) is 18.6. The van der Waals surface area contributed by atoms with Gasteiger partial charge in [0.1, 0.15) is 0 Å². The second-order valence-electron chi connectivity index (χ2n) is 7.98. The standard InChI is InChI=1S/C25H41NO3/c1-3-4-5-6-7-8-9-10-11-12-13-14-20-29-24(27)18-19-26-25(28)23-17-15-16-22(2)21-23/h15-17,21H,3-14,18-20H2,1-2H3,(H,26,28). The summed E-state index contributed by atoms with van der Waals surface area (Å²) in [7, 11) is 0. The predicted molar refractivity (Wildman–Crippen MR) is 120 cm³/mol. The van der Waals surface area contributed by atoms with Gasteiger partial charge < -0.3 is 10.1 Å². The van der Waals surface area contributed by atoms with Gasteiger partial charge in [0.05, 0.1) is 13.0 Å². The van der Waals surface area contributed by atoms with Gasteiger partial charge in [-0.05, 0) is 25.5 Å². The number of aryl methyl sites for hydroxylation is 1. The Morgan fingerprint density at radius 3 is 2.03 bits per heavy atom. The van der Waals surface area contributed by atoms with E-state index in [-0.39, 0.29) is 18.3 Å². The van der Waals surface area contributed by atoms with Crippen molar-refractivity contribution in [2.45, 2.75) is 97.3 Å². The first kappa shape index (κ1) is 25.2. The Bertz CT molecular complexity index is 571. The molecule has 0 heterocycles. The number of nitrogens with one attached hydrogen (secondary N) is 1. The van der Waals surface area contributed by atoms with Crippen LogP contribution in [0.5, 0.6) is 0 Å². The number of carbonyl (C=O) groups is 2. The second kappa shape index (κ2) is 17.1. The number of hydrogen-bond acceptors (Lipinski definition) is 3. The molecule has 0 bridgehead atoms. The molecule has 0 aliphatic rings. The van der Waals surface area contributed by atoms with Crippen LogP contribution in [0, 0.1) is 6.92 Å². The largest absolute Gasteiger partial charge is 0.466 e. The highest BCUT2D eigenvalue weighted by Crippen LogP contribution is 2.12. The third-order valence-corrected chi connectivity index (χ3v) is 5.16. The molecule has 4 heteroatoms. The number of benzene rings is 1. The molecule has 4 nitrogen and oxygen atoms in total. The van der Waals surface area contributed by atoms with E-state index in [2.05, 4.69) is 12.2 Å². The Morgan fingerprint density at radius 2 is 1.45 bits per heavy atom. The van der Waals surface area contributed by atoms with Gasteiger partial charge in [-0.1, -0.05) is 95.2 Å². The third kappa shape index (κ3) is 13.9. The molecule has 1 N–H and O–H groups in total. The van der Waals surface area contributed by atoms with E-state index in [1.165, 1.54) is 64.2 Å². The number of carbonyl (C=O) groups excluding carboxylic acids is 2. The molecule has 0 atom stereocenters. The van der Waals surface area contributed by atoms with Crippen LogP contribution in [0.4, 0.5) is 0 Å². The van der Waals surface area contributed by atoms with Crippen molar-refractivity contribution in [1.29, 1.82) is 0 Å². The van der Waals surface area contributed by atoms with Crippen molar-refractivity contribution in [2.75, 3.05) is 13.2 Å². The molecule has 0 spiro atoms. The maximum atomic E-state index is 12.0. The zero-order chi connectivity index (χ0) is 21.2. The Balaban J connectivity index is 1.89. The van der Waals surface area contributed by atoms with Crippen molar-refractivity contribution in [3.63, 3.8) is 0 Å². The molecule has 0 aromatic heterocycles. The highest BCUT2D eigenvalue weighted by atomic mass is 16.5. The Morgan fingerprint density at radius 1 is 0.862 bits per heavy atom. The minimum atomic E-state index is -0.238. The zero-order valence-electron chi connectivity index (χ0n) is 18.6. The fourth-order valence-corrected chi connectivity index (χ4v) is 3.37. The second-order valence-corrected chi connectivity index (χ2v) is 7.98. The number of esters is 1. The fourth-order valence-electron chi connectivity index (χ4n) is 3.37. The van der Waals surface area contributed by atoms with Gasteiger partial charge in [-0.15, -0.1) is 0 Å². The summed E-state index contributed by atoms with van der Waals surface area (Å²) in [5.41, 5.74) is 1.66. The molecule has 1 aromatic carbocycles. The van der Waals surface area contributed by atoms with Crippen molar-refractivity contribution in [3.05, 3.63) is 35.4 Å². The highest BCUT2D eigenvalue weighted by Gasteiger charge is 2.07. The predicted octanol–water partition coefficient (Wildman–Crippen LogP) is 6.36. The van der Waals surface area contributed by atoms with Gasteiger partial charge in [0.15, 0.2) is 0 Å². The maximum absolute atomic E-state index is 12.0. The van der Waals surface area contributed by atoms with Crippen LogP contribution in [0.25, 0.3) is 0 Å². The first-order chi connectivity index (χ1) is 14.1. The molecular formula is C25H41NO3. The lowest BCUT2D eigenvalue weighted by atomic mass is 10.1. The molecule has 1 amide bonds. The number of unbranched alkanes of at least 4 members (excludes halogenated alkanes) is 11. The molecule has 0 aliphatic heterocycles. The van der Waals surface area contributed by atoms with Crippen molar-refractivity contribution in [3.8, 4) is 0 Å². The summed E-state index contributed by atoms with van der Waals surface area (Å²) in [5.74, 6) is -0.389. The Labute approximate surface area is 177 Å². The van der Waals surface area contributed by atoms with Crippen LogP contribution in [-0.4, -0.2) is 25.0 Å². The van der Waals surface area contributed by atoms with Gasteiger partial charge in [0, 0.05) is 12.1 Å². The monoisotopic (exact) mass is 403 g/mol. The average Bonchev–Trinajstić information content (AvgIpc) is 2.71. The van der Waals surface area contributed by atoms with Gasteiger partial charge in [-0.25, -0.2) is 0 Å². The van der Waals surface area contributed by atoms with E-state index >= 15 is 0 Å². The summed E-state index contributed by atoms with van der Waals surface area (Å²) in [6.45, 7) is 5.00. The van der Waals surface area contributed by atoms with Crippen molar-refractivity contribution < 1.29 is 14.3 Å². The van der Waals surface area contributed by atoms with Crippen LogP contribution in [-0.2, 0) is 9.53 Å². The van der Waals surface area contributed by atoms with Gasteiger partial charge >= 0.3 is 5.97 Å². The molecule has 0 aliphatic carbocycles. The van der Waals surface area contributed by atoms with E-state index < -0.39 is 0 Å². The van der Waals surface area contributed by atoms with Crippen LogP contribution in [0.15, 0.2) is 24.3 Å². The van der Waals surface area contributed by atoms with Crippen LogP contribution in [0.1, 0.15) is 106 Å². The quantitative estimate of drug-likeness (QED) is 0.243. The van der Waals surface area contributed by atoms with Crippen LogP contribution in [0.3, 0.4) is 0 Å². The lowest BCUT2D eigenvalue weighted by Crippen LogP contribution is -2.26. The molecule has 0 unspecified atom stereocenters. The maximum Gasteiger partial charge on any atom is 0.307 e. The normalized spacial score (nSPS) is 10.7. The summed E-state index contributed by atoms with van der Waals surface area (Å²) in [4.78, 5) is 23.7. The molecule has 0 fully saturated rings. The smallest absolute Gasteiger partial charge is 0.307 e. The minimum absolute atomic E-state index is 0.151. The number of amides is 1. The van der Waals surface area contributed by atoms with Crippen molar-refractivity contribution in [1.82, 2.24) is 5.32 Å².